The Kier molecular flexibility index (Phi) is 4.31. The predicted octanol–water partition coefficient (Wildman–Crippen LogP) is 2.85. The quantitative estimate of drug-likeness (QED) is 0.831. The molecular weight excluding hydrogens is 244 g/mol. The van der Waals surface area contributed by atoms with Crippen molar-refractivity contribution in [2.24, 2.45) is 17.6 Å². The van der Waals surface area contributed by atoms with Crippen molar-refractivity contribution < 1.29 is 0 Å². The number of halogens is 1. The van der Waals surface area contributed by atoms with Gasteiger partial charge in [-0.3, -0.25) is 0 Å². The molecule has 18 heavy (non-hydrogen) atoms. The lowest BCUT2D eigenvalue weighted by Gasteiger charge is -2.30. The van der Waals surface area contributed by atoms with Gasteiger partial charge in [0.2, 0.25) is 0 Å². The van der Waals surface area contributed by atoms with Crippen LogP contribution in [-0.2, 0) is 6.42 Å². The van der Waals surface area contributed by atoms with E-state index in [-0.39, 0.29) is 5.54 Å². The average Bonchev–Trinajstić information content (AvgIpc) is 3.06. The second kappa shape index (κ2) is 5.60. The van der Waals surface area contributed by atoms with Gasteiger partial charge in [0.05, 0.1) is 0 Å². The van der Waals surface area contributed by atoms with Crippen molar-refractivity contribution in [2.75, 3.05) is 13.1 Å². The number of nitrogens with one attached hydrogen (secondary N) is 1. The summed E-state index contributed by atoms with van der Waals surface area (Å²) in [6.07, 6.45) is 2.30. The summed E-state index contributed by atoms with van der Waals surface area (Å²) >= 11 is 5.90. The highest BCUT2D eigenvalue weighted by Crippen LogP contribution is 2.37. The van der Waals surface area contributed by atoms with Gasteiger partial charge in [0.25, 0.3) is 0 Å². The molecule has 0 radical (unpaired) electrons. The van der Waals surface area contributed by atoms with Crippen LogP contribution in [0.3, 0.4) is 0 Å². The third-order valence-electron chi connectivity index (χ3n) is 4.03. The van der Waals surface area contributed by atoms with Crippen LogP contribution in [0, 0.1) is 11.8 Å². The third kappa shape index (κ3) is 3.71. The Morgan fingerprint density at radius 1 is 1.39 bits per heavy atom. The zero-order chi connectivity index (χ0) is 13.2. The summed E-state index contributed by atoms with van der Waals surface area (Å²) in [6, 6.07) is 8.04. The minimum Gasteiger partial charge on any atom is -0.329 e. The van der Waals surface area contributed by atoms with Crippen molar-refractivity contribution in [1.82, 2.24) is 5.32 Å². The zero-order valence-corrected chi connectivity index (χ0v) is 12.0. The van der Waals surface area contributed by atoms with Gasteiger partial charge in [0.15, 0.2) is 0 Å². The highest BCUT2D eigenvalue weighted by Gasteiger charge is 2.34. The molecule has 3 atom stereocenters. The van der Waals surface area contributed by atoms with Crippen LogP contribution in [0.15, 0.2) is 24.3 Å². The largest absolute Gasteiger partial charge is 0.329 e. The van der Waals surface area contributed by atoms with Crippen LogP contribution < -0.4 is 11.1 Å². The fourth-order valence-electron chi connectivity index (χ4n) is 2.32. The van der Waals surface area contributed by atoms with Gasteiger partial charge in [-0.05, 0) is 55.8 Å². The molecule has 3 N–H and O–H groups in total. The van der Waals surface area contributed by atoms with Gasteiger partial charge < -0.3 is 11.1 Å². The third-order valence-corrected chi connectivity index (χ3v) is 4.28. The normalized spacial score (nSPS) is 25.8. The summed E-state index contributed by atoms with van der Waals surface area (Å²) < 4.78 is 0. The standard InChI is InChI=1S/C15H23ClN2/c1-11-7-13(11)9-18-15(2,10-17)8-12-3-5-14(16)6-4-12/h3-6,11,13,18H,7-10,17H2,1-2H3. The molecule has 1 aliphatic rings. The van der Waals surface area contributed by atoms with Crippen LogP contribution in [0.1, 0.15) is 25.8 Å². The van der Waals surface area contributed by atoms with Gasteiger partial charge in [0, 0.05) is 17.1 Å². The Morgan fingerprint density at radius 3 is 2.50 bits per heavy atom. The lowest BCUT2D eigenvalue weighted by Crippen LogP contribution is -2.51. The summed E-state index contributed by atoms with van der Waals surface area (Å²) in [5, 5.41) is 4.43. The minimum absolute atomic E-state index is 0.0177. The van der Waals surface area contributed by atoms with Crippen LogP contribution >= 0.6 is 11.6 Å². The van der Waals surface area contributed by atoms with Gasteiger partial charge in [-0.25, -0.2) is 0 Å². The van der Waals surface area contributed by atoms with E-state index in [4.69, 9.17) is 17.3 Å². The molecule has 2 rings (SSSR count). The topological polar surface area (TPSA) is 38.0 Å². The van der Waals surface area contributed by atoms with Crippen LogP contribution in [0.4, 0.5) is 0 Å². The predicted molar refractivity (Wildman–Crippen MR) is 77.9 cm³/mol. The fraction of sp³-hybridized carbons (Fsp3) is 0.600. The van der Waals surface area contributed by atoms with E-state index in [1.54, 1.807) is 0 Å². The Morgan fingerprint density at radius 2 is 2.00 bits per heavy atom. The molecule has 3 unspecified atom stereocenters. The first kappa shape index (κ1) is 13.9. The van der Waals surface area contributed by atoms with Gasteiger partial charge in [0.1, 0.15) is 0 Å². The number of hydrogen-bond donors (Lipinski definition) is 2. The molecule has 0 aromatic heterocycles. The number of rotatable bonds is 6. The van der Waals surface area contributed by atoms with E-state index in [2.05, 4.69) is 31.3 Å². The van der Waals surface area contributed by atoms with E-state index in [1.165, 1.54) is 12.0 Å². The molecule has 0 aliphatic heterocycles. The van der Waals surface area contributed by atoms with Crippen LogP contribution in [0.2, 0.25) is 5.02 Å². The first-order chi connectivity index (χ1) is 8.52. The first-order valence-corrected chi connectivity index (χ1v) is 7.10. The van der Waals surface area contributed by atoms with Crippen LogP contribution in [-0.4, -0.2) is 18.6 Å². The molecule has 0 spiro atoms. The lowest BCUT2D eigenvalue weighted by molar-refractivity contribution is 0.352. The zero-order valence-electron chi connectivity index (χ0n) is 11.2. The SMILES string of the molecule is CC1CC1CNC(C)(CN)Cc1ccc(Cl)cc1. The summed E-state index contributed by atoms with van der Waals surface area (Å²) in [5.74, 6) is 1.73. The van der Waals surface area contributed by atoms with E-state index in [0.29, 0.717) is 6.54 Å². The second-order valence-electron chi connectivity index (χ2n) is 5.92. The second-order valence-corrected chi connectivity index (χ2v) is 6.36. The Bertz CT molecular complexity index is 390. The summed E-state index contributed by atoms with van der Waals surface area (Å²) in [7, 11) is 0. The van der Waals surface area contributed by atoms with Crippen LogP contribution in [0.25, 0.3) is 0 Å². The molecule has 0 saturated heterocycles. The van der Waals surface area contributed by atoms with E-state index >= 15 is 0 Å². The Balaban J connectivity index is 1.91. The highest BCUT2D eigenvalue weighted by molar-refractivity contribution is 6.30. The smallest absolute Gasteiger partial charge is 0.0406 e. The Labute approximate surface area is 115 Å². The summed E-state index contributed by atoms with van der Waals surface area (Å²) in [4.78, 5) is 0. The molecular formula is C15H23ClN2. The van der Waals surface area contributed by atoms with Crippen molar-refractivity contribution in [3.05, 3.63) is 34.9 Å². The maximum Gasteiger partial charge on any atom is 0.0406 e. The molecule has 1 fully saturated rings. The first-order valence-electron chi connectivity index (χ1n) is 6.72. The highest BCUT2D eigenvalue weighted by atomic mass is 35.5. The summed E-state index contributed by atoms with van der Waals surface area (Å²) in [6.45, 7) is 6.25. The monoisotopic (exact) mass is 266 g/mol. The maximum atomic E-state index is 5.94. The van der Waals surface area contributed by atoms with E-state index < -0.39 is 0 Å². The number of nitrogens with two attached hydrogens (primary N) is 1. The summed E-state index contributed by atoms with van der Waals surface area (Å²) in [5.41, 5.74) is 7.20. The van der Waals surface area contributed by atoms with Gasteiger partial charge in [-0.1, -0.05) is 30.7 Å². The molecule has 0 heterocycles. The maximum absolute atomic E-state index is 5.94. The average molecular weight is 267 g/mol. The van der Waals surface area contributed by atoms with Crippen molar-refractivity contribution in [1.29, 1.82) is 0 Å². The van der Waals surface area contributed by atoms with Crippen molar-refractivity contribution in [2.45, 2.75) is 32.2 Å². The van der Waals surface area contributed by atoms with E-state index in [9.17, 15) is 0 Å². The molecule has 1 aliphatic carbocycles. The fourth-order valence-corrected chi connectivity index (χ4v) is 2.45. The molecule has 0 bridgehead atoms. The Hall–Kier alpha value is -0.570. The van der Waals surface area contributed by atoms with E-state index in [1.807, 2.05) is 12.1 Å². The lowest BCUT2D eigenvalue weighted by atomic mass is 9.92. The number of hydrogen-bond acceptors (Lipinski definition) is 2. The molecule has 0 amide bonds. The van der Waals surface area contributed by atoms with Gasteiger partial charge in [-0.15, -0.1) is 0 Å². The molecule has 1 aromatic carbocycles. The molecule has 100 valence electrons. The number of benzene rings is 1. The van der Waals surface area contributed by atoms with Crippen molar-refractivity contribution in [3.63, 3.8) is 0 Å². The van der Waals surface area contributed by atoms with Gasteiger partial charge >= 0.3 is 0 Å². The van der Waals surface area contributed by atoms with Crippen molar-refractivity contribution >= 4 is 11.6 Å². The minimum atomic E-state index is -0.0177. The van der Waals surface area contributed by atoms with Crippen LogP contribution in [0.5, 0.6) is 0 Å². The molecule has 1 aromatic rings. The molecule has 1 saturated carbocycles. The van der Waals surface area contributed by atoms with Gasteiger partial charge in [-0.2, -0.15) is 0 Å². The van der Waals surface area contributed by atoms with Crippen molar-refractivity contribution in [3.8, 4) is 0 Å². The van der Waals surface area contributed by atoms with E-state index in [0.717, 1.165) is 29.8 Å². The molecule has 3 heteroatoms. The molecule has 2 nitrogen and oxygen atoms in total.